The van der Waals surface area contributed by atoms with Crippen molar-refractivity contribution in [3.05, 3.63) is 79.0 Å². The maximum Gasteiger partial charge on any atom is 0.252 e. The first kappa shape index (κ1) is 20.1. The molecule has 2 N–H and O–H groups in total. The fourth-order valence-corrected chi connectivity index (χ4v) is 4.71. The molecular formula is C25H24N4O3. The summed E-state index contributed by atoms with van der Waals surface area (Å²) in [6, 6.07) is 17.2. The summed E-state index contributed by atoms with van der Waals surface area (Å²) in [7, 11) is 0. The normalized spacial score (nSPS) is 16.8. The highest BCUT2D eigenvalue weighted by Gasteiger charge is 2.54. The number of hydrogen-bond donors (Lipinski definition) is 1. The summed E-state index contributed by atoms with van der Waals surface area (Å²) in [5.41, 5.74) is 7.59. The van der Waals surface area contributed by atoms with Gasteiger partial charge in [-0.15, -0.1) is 0 Å². The van der Waals surface area contributed by atoms with Gasteiger partial charge in [-0.05, 0) is 55.3 Å². The summed E-state index contributed by atoms with van der Waals surface area (Å²) in [4.78, 5) is 25.6. The zero-order valence-corrected chi connectivity index (χ0v) is 17.6. The quantitative estimate of drug-likeness (QED) is 0.605. The van der Waals surface area contributed by atoms with E-state index in [-0.39, 0.29) is 17.4 Å². The highest BCUT2D eigenvalue weighted by atomic mass is 16.5. The van der Waals surface area contributed by atoms with Gasteiger partial charge in [0.15, 0.2) is 0 Å². The average Bonchev–Trinajstić information content (AvgIpc) is 3.18. The van der Waals surface area contributed by atoms with Gasteiger partial charge < -0.3 is 15.4 Å². The number of carbonyl (C=O) groups excluding carboxylic acids is 2. The molecule has 162 valence electrons. The van der Waals surface area contributed by atoms with E-state index in [9.17, 15) is 9.59 Å². The van der Waals surface area contributed by atoms with Crippen molar-refractivity contribution in [3.8, 4) is 22.8 Å². The number of carbonyl (C=O) groups is 2. The molecule has 1 spiro atoms. The second-order valence-corrected chi connectivity index (χ2v) is 8.64. The molecular weight excluding hydrogens is 404 g/mol. The fraction of sp³-hybridized carbons (Fsp3) is 0.240. The van der Waals surface area contributed by atoms with Crippen molar-refractivity contribution in [2.45, 2.75) is 18.9 Å². The van der Waals surface area contributed by atoms with Crippen LogP contribution in [0.25, 0.3) is 11.3 Å². The van der Waals surface area contributed by atoms with Crippen LogP contribution in [-0.2, 0) is 4.79 Å². The number of hydrogen-bond acceptors (Lipinski definition) is 4. The van der Waals surface area contributed by atoms with Crippen LogP contribution in [0.15, 0.2) is 73.4 Å². The number of amides is 2. The second-order valence-electron chi connectivity index (χ2n) is 8.64. The van der Waals surface area contributed by atoms with E-state index in [1.165, 1.54) is 6.08 Å². The lowest BCUT2D eigenvalue weighted by Crippen LogP contribution is -2.63. The second kappa shape index (κ2) is 7.67. The first-order valence-electron chi connectivity index (χ1n) is 10.6. The Morgan fingerprint density at radius 2 is 1.72 bits per heavy atom. The van der Waals surface area contributed by atoms with E-state index >= 15 is 0 Å². The van der Waals surface area contributed by atoms with Gasteiger partial charge in [0.2, 0.25) is 5.91 Å². The van der Waals surface area contributed by atoms with Crippen molar-refractivity contribution >= 4 is 11.8 Å². The number of nitrogens with two attached hydrogens (primary N) is 1. The molecule has 0 bridgehead atoms. The predicted molar refractivity (Wildman–Crippen MR) is 120 cm³/mol. The third-order valence-electron chi connectivity index (χ3n) is 6.35. The third kappa shape index (κ3) is 3.56. The van der Waals surface area contributed by atoms with Gasteiger partial charge in [-0.1, -0.05) is 24.8 Å². The molecule has 1 aliphatic carbocycles. The van der Waals surface area contributed by atoms with Crippen LogP contribution in [0.2, 0.25) is 0 Å². The molecule has 5 rings (SSSR count). The van der Waals surface area contributed by atoms with Crippen LogP contribution in [-0.4, -0.2) is 39.6 Å². The number of aromatic nitrogens is 2. The summed E-state index contributed by atoms with van der Waals surface area (Å²) >= 11 is 0. The van der Waals surface area contributed by atoms with Crippen LogP contribution in [0.1, 0.15) is 29.2 Å². The molecule has 0 radical (unpaired) electrons. The number of ether oxygens (including phenoxy) is 1. The topological polar surface area (TPSA) is 90.5 Å². The van der Waals surface area contributed by atoms with E-state index in [1.54, 1.807) is 6.20 Å². The summed E-state index contributed by atoms with van der Waals surface area (Å²) in [5.74, 6) is 0.933. The molecule has 1 aromatic heterocycles. The van der Waals surface area contributed by atoms with Gasteiger partial charge in [0.25, 0.3) is 5.91 Å². The molecule has 2 heterocycles. The number of primary amides is 1. The highest BCUT2D eigenvalue weighted by molar-refractivity contribution is 5.98. The number of rotatable bonds is 6. The van der Waals surface area contributed by atoms with Crippen LogP contribution in [0.5, 0.6) is 11.5 Å². The maximum atomic E-state index is 12.1. The molecule has 1 saturated carbocycles. The van der Waals surface area contributed by atoms with Crippen LogP contribution in [0.4, 0.5) is 0 Å². The molecule has 1 saturated heterocycles. The molecule has 2 fully saturated rings. The zero-order valence-electron chi connectivity index (χ0n) is 17.6. The molecule has 2 aromatic carbocycles. The lowest BCUT2D eigenvalue weighted by atomic mass is 9.60. The van der Waals surface area contributed by atoms with Gasteiger partial charge in [0, 0.05) is 30.3 Å². The Labute approximate surface area is 186 Å². The van der Waals surface area contributed by atoms with E-state index < -0.39 is 5.91 Å². The monoisotopic (exact) mass is 428 g/mol. The zero-order chi connectivity index (χ0) is 22.3. The van der Waals surface area contributed by atoms with E-state index in [0.29, 0.717) is 17.0 Å². The Hall–Kier alpha value is -3.87. The van der Waals surface area contributed by atoms with Crippen LogP contribution in [0, 0.1) is 5.41 Å². The van der Waals surface area contributed by atoms with E-state index in [0.717, 1.165) is 37.2 Å². The van der Waals surface area contributed by atoms with Gasteiger partial charge >= 0.3 is 0 Å². The molecule has 1 aliphatic heterocycles. The van der Waals surface area contributed by atoms with E-state index in [4.69, 9.17) is 15.6 Å². The Kier molecular flexibility index (Phi) is 4.81. The van der Waals surface area contributed by atoms with Crippen molar-refractivity contribution in [2.24, 2.45) is 11.1 Å². The van der Waals surface area contributed by atoms with Crippen molar-refractivity contribution in [2.75, 3.05) is 13.1 Å². The molecule has 2 amide bonds. The van der Waals surface area contributed by atoms with E-state index in [1.807, 2.05) is 64.2 Å². The van der Waals surface area contributed by atoms with Crippen LogP contribution in [0.3, 0.4) is 0 Å². The Morgan fingerprint density at radius 1 is 1.06 bits per heavy atom. The average molecular weight is 428 g/mol. The summed E-state index contributed by atoms with van der Waals surface area (Å²) in [5, 5.41) is 4.71. The largest absolute Gasteiger partial charge is 0.457 e. The van der Waals surface area contributed by atoms with Gasteiger partial charge in [-0.3, -0.25) is 14.3 Å². The number of para-hydroxylation sites is 1. The molecule has 32 heavy (non-hydrogen) atoms. The smallest absolute Gasteiger partial charge is 0.252 e. The van der Waals surface area contributed by atoms with Gasteiger partial charge in [-0.2, -0.15) is 5.10 Å². The Bertz CT molecular complexity index is 1170. The minimum atomic E-state index is -0.503. The van der Waals surface area contributed by atoms with E-state index in [2.05, 4.69) is 6.58 Å². The SMILES string of the molecule is C=CC(=O)N1CC2(CC(n3cc(C(N)=O)c(-c4ccc(Oc5ccccc5)cc4)n3)C2)C1. The fourth-order valence-electron chi connectivity index (χ4n) is 4.71. The van der Waals surface area contributed by atoms with Crippen molar-refractivity contribution < 1.29 is 14.3 Å². The Balaban J connectivity index is 1.31. The van der Waals surface area contributed by atoms with Crippen LogP contribution < -0.4 is 10.5 Å². The lowest BCUT2D eigenvalue weighted by molar-refractivity contribution is -0.149. The first-order chi connectivity index (χ1) is 15.5. The molecule has 3 aromatic rings. The number of nitrogens with zero attached hydrogens (tertiary/aromatic N) is 3. The van der Waals surface area contributed by atoms with Crippen molar-refractivity contribution in [1.82, 2.24) is 14.7 Å². The van der Waals surface area contributed by atoms with Crippen LogP contribution >= 0.6 is 0 Å². The molecule has 7 heteroatoms. The number of likely N-dealkylation sites (tertiary alicyclic amines) is 1. The summed E-state index contributed by atoms with van der Waals surface area (Å²) in [6.07, 6.45) is 4.96. The minimum absolute atomic E-state index is 0.0174. The third-order valence-corrected chi connectivity index (χ3v) is 6.35. The molecule has 2 aliphatic rings. The predicted octanol–water partition coefficient (Wildman–Crippen LogP) is 3.79. The molecule has 0 atom stereocenters. The summed E-state index contributed by atoms with van der Waals surface area (Å²) in [6.45, 7) is 5.06. The maximum absolute atomic E-state index is 12.1. The minimum Gasteiger partial charge on any atom is -0.457 e. The Morgan fingerprint density at radius 3 is 2.34 bits per heavy atom. The lowest BCUT2D eigenvalue weighted by Gasteiger charge is -2.58. The number of benzene rings is 2. The van der Waals surface area contributed by atoms with Gasteiger partial charge in [0.1, 0.15) is 17.2 Å². The highest BCUT2D eigenvalue weighted by Crippen LogP contribution is 2.54. The molecule has 0 unspecified atom stereocenters. The van der Waals surface area contributed by atoms with Crippen molar-refractivity contribution in [3.63, 3.8) is 0 Å². The summed E-state index contributed by atoms with van der Waals surface area (Å²) < 4.78 is 7.69. The van der Waals surface area contributed by atoms with Gasteiger partial charge in [-0.25, -0.2) is 0 Å². The van der Waals surface area contributed by atoms with Crippen molar-refractivity contribution in [1.29, 1.82) is 0 Å². The van der Waals surface area contributed by atoms with Gasteiger partial charge in [0.05, 0.1) is 11.6 Å². The first-order valence-corrected chi connectivity index (χ1v) is 10.6. The standard InChI is InChI=1S/C25H24N4O3/c1-2-22(30)28-15-25(16-28)12-18(13-25)29-14-21(24(26)31)23(27-29)17-8-10-20(11-9-17)32-19-6-4-3-5-7-19/h2-11,14,18H,1,12-13,15-16H2,(H2,26,31). The molecule has 7 nitrogen and oxygen atoms in total.